The first-order valence-electron chi connectivity index (χ1n) is 5.26. The molecule has 0 bridgehead atoms. The minimum absolute atomic E-state index is 0.0159. The fourth-order valence-electron chi connectivity index (χ4n) is 1.47. The molecular formula is C14H9ClFNO. The predicted molar refractivity (Wildman–Crippen MR) is 66.9 cm³/mol. The van der Waals surface area contributed by atoms with Crippen molar-refractivity contribution in [2.45, 2.75) is 6.61 Å². The van der Waals surface area contributed by atoms with Gasteiger partial charge in [0.1, 0.15) is 24.2 Å². The highest BCUT2D eigenvalue weighted by molar-refractivity contribution is 6.30. The van der Waals surface area contributed by atoms with Crippen LogP contribution in [0.2, 0.25) is 5.02 Å². The molecule has 0 aliphatic carbocycles. The maximum Gasteiger partial charge on any atom is 0.140 e. The number of benzene rings is 2. The standard InChI is InChI=1S/C14H9ClFNO/c15-12-2-1-3-13(7-12)18-9-10-4-5-14(16)11(6-10)8-17/h1-7H,9H2. The summed E-state index contributed by atoms with van der Waals surface area (Å²) in [5.74, 6) is 0.106. The lowest BCUT2D eigenvalue weighted by Gasteiger charge is -2.07. The maximum absolute atomic E-state index is 13.1. The fraction of sp³-hybridized carbons (Fsp3) is 0.0714. The molecule has 0 heterocycles. The summed E-state index contributed by atoms with van der Waals surface area (Å²) in [6.45, 7) is 0.259. The van der Waals surface area contributed by atoms with Gasteiger partial charge >= 0.3 is 0 Å². The van der Waals surface area contributed by atoms with E-state index in [1.807, 2.05) is 0 Å². The Morgan fingerprint density at radius 3 is 2.78 bits per heavy atom. The summed E-state index contributed by atoms with van der Waals surface area (Å²) in [6.07, 6.45) is 0. The highest BCUT2D eigenvalue weighted by Gasteiger charge is 2.03. The molecule has 0 saturated carbocycles. The molecule has 2 rings (SSSR count). The number of hydrogen-bond acceptors (Lipinski definition) is 2. The molecule has 2 nitrogen and oxygen atoms in total. The second-order valence-electron chi connectivity index (χ2n) is 3.67. The van der Waals surface area contributed by atoms with Crippen LogP contribution >= 0.6 is 11.6 Å². The first kappa shape index (κ1) is 12.4. The number of nitriles is 1. The summed E-state index contributed by atoms with van der Waals surface area (Å²) in [7, 11) is 0. The van der Waals surface area contributed by atoms with E-state index in [0.29, 0.717) is 10.8 Å². The molecule has 0 fully saturated rings. The smallest absolute Gasteiger partial charge is 0.140 e. The quantitative estimate of drug-likeness (QED) is 0.839. The van der Waals surface area contributed by atoms with Gasteiger partial charge in [0.2, 0.25) is 0 Å². The van der Waals surface area contributed by atoms with Crippen LogP contribution < -0.4 is 4.74 Å². The Kier molecular flexibility index (Phi) is 3.81. The van der Waals surface area contributed by atoms with Gasteiger partial charge in [-0.3, -0.25) is 0 Å². The second-order valence-corrected chi connectivity index (χ2v) is 4.11. The van der Waals surface area contributed by atoms with Gasteiger partial charge < -0.3 is 4.74 Å². The molecule has 2 aromatic rings. The fourth-order valence-corrected chi connectivity index (χ4v) is 1.65. The third-order valence-corrected chi connectivity index (χ3v) is 2.59. The van der Waals surface area contributed by atoms with Crippen molar-refractivity contribution in [3.05, 3.63) is 64.4 Å². The van der Waals surface area contributed by atoms with Gasteiger partial charge in [-0.1, -0.05) is 23.7 Å². The zero-order valence-electron chi connectivity index (χ0n) is 9.36. The summed E-state index contributed by atoms with van der Waals surface area (Å²) >= 11 is 5.82. The molecule has 0 aliphatic rings. The Morgan fingerprint density at radius 1 is 1.22 bits per heavy atom. The van der Waals surface area contributed by atoms with Crippen LogP contribution in [0, 0.1) is 17.1 Å². The molecule has 0 atom stereocenters. The number of hydrogen-bond donors (Lipinski definition) is 0. The predicted octanol–water partition coefficient (Wildman–Crippen LogP) is 3.93. The second kappa shape index (κ2) is 5.52. The number of ether oxygens (including phenoxy) is 1. The molecule has 0 saturated heterocycles. The summed E-state index contributed by atoms with van der Waals surface area (Å²) in [5, 5.41) is 9.30. The molecule has 4 heteroatoms. The molecule has 0 spiro atoms. The monoisotopic (exact) mass is 261 g/mol. The lowest BCUT2D eigenvalue weighted by Crippen LogP contribution is -1.97. The van der Waals surface area contributed by atoms with E-state index in [2.05, 4.69) is 0 Å². The van der Waals surface area contributed by atoms with E-state index < -0.39 is 5.82 Å². The van der Waals surface area contributed by atoms with Crippen molar-refractivity contribution in [3.63, 3.8) is 0 Å². The van der Waals surface area contributed by atoms with Gasteiger partial charge in [0.15, 0.2) is 0 Å². The maximum atomic E-state index is 13.1. The van der Waals surface area contributed by atoms with E-state index in [9.17, 15) is 4.39 Å². The van der Waals surface area contributed by atoms with Crippen LogP contribution in [0.1, 0.15) is 11.1 Å². The molecule has 2 aromatic carbocycles. The zero-order valence-corrected chi connectivity index (χ0v) is 10.1. The van der Waals surface area contributed by atoms with Crippen LogP contribution in [0.5, 0.6) is 5.75 Å². The normalized spacial score (nSPS) is 9.83. The van der Waals surface area contributed by atoms with Crippen LogP contribution in [-0.2, 0) is 6.61 Å². The van der Waals surface area contributed by atoms with E-state index in [1.54, 1.807) is 36.4 Å². The van der Waals surface area contributed by atoms with Crippen molar-refractivity contribution in [1.82, 2.24) is 0 Å². The first-order chi connectivity index (χ1) is 8.69. The molecule has 18 heavy (non-hydrogen) atoms. The number of halogens is 2. The molecule has 0 radical (unpaired) electrons. The van der Waals surface area contributed by atoms with E-state index in [-0.39, 0.29) is 12.2 Å². The van der Waals surface area contributed by atoms with E-state index in [4.69, 9.17) is 21.6 Å². The molecule has 90 valence electrons. The topological polar surface area (TPSA) is 33.0 Å². The van der Waals surface area contributed by atoms with E-state index in [1.165, 1.54) is 12.1 Å². The largest absolute Gasteiger partial charge is 0.489 e. The van der Waals surface area contributed by atoms with Crippen molar-refractivity contribution in [2.24, 2.45) is 0 Å². The Labute approximate surface area is 109 Å². The van der Waals surface area contributed by atoms with Gasteiger partial charge in [-0.25, -0.2) is 4.39 Å². The molecule has 0 aliphatic heterocycles. The molecule has 0 N–H and O–H groups in total. The van der Waals surface area contributed by atoms with Gasteiger partial charge in [0.25, 0.3) is 0 Å². The minimum Gasteiger partial charge on any atom is -0.489 e. The summed E-state index contributed by atoms with van der Waals surface area (Å²) in [5.41, 5.74) is 0.745. The van der Waals surface area contributed by atoms with Crippen molar-refractivity contribution in [3.8, 4) is 11.8 Å². The van der Waals surface area contributed by atoms with Crippen molar-refractivity contribution in [2.75, 3.05) is 0 Å². The van der Waals surface area contributed by atoms with Crippen LogP contribution in [-0.4, -0.2) is 0 Å². The third kappa shape index (κ3) is 2.99. The van der Waals surface area contributed by atoms with Crippen LogP contribution in [0.4, 0.5) is 4.39 Å². The van der Waals surface area contributed by atoms with Crippen LogP contribution in [0.15, 0.2) is 42.5 Å². The van der Waals surface area contributed by atoms with Crippen LogP contribution in [0.25, 0.3) is 0 Å². The lowest BCUT2D eigenvalue weighted by atomic mass is 10.1. The third-order valence-electron chi connectivity index (χ3n) is 2.35. The van der Waals surface area contributed by atoms with E-state index >= 15 is 0 Å². The molecule has 0 unspecified atom stereocenters. The number of rotatable bonds is 3. The van der Waals surface area contributed by atoms with Crippen molar-refractivity contribution >= 4 is 11.6 Å². The Morgan fingerprint density at radius 2 is 2.06 bits per heavy atom. The highest BCUT2D eigenvalue weighted by Crippen LogP contribution is 2.19. The van der Waals surface area contributed by atoms with Gasteiger partial charge in [-0.2, -0.15) is 5.26 Å². The van der Waals surface area contributed by atoms with Gasteiger partial charge in [0.05, 0.1) is 5.56 Å². The summed E-state index contributed by atoms with van der Waals surface area (Å²) < 4.78 is 18.6. The summed E-state index contributed by atoms with van der Waals surface area (Å²) in [6, 6.07) is 13.1. The minimum atomic E-state index is -0.524. The SMILES string of the molecule is N#Cc1cc(COc2cccc(Cl)c2)ccc1F. The molecule has 0 aromatic heterocycles. The van der Waals surface area contributed by atoms with Gasteiger partial charge in [-0.15, -0.1) is 0 Å². The van der Waals surface area contributed by atoms with Crippen LogP contribution in [0.3, 0.4) is 0 Å². The lowest BCUT2D eigenvalue weighted by molar-refractivity contribution is 0.306. The summed E-state index contributed by atoms with van der Waals surface area (Å²) in [4.78, 5) is 0. The number of nitrogens with zero attached hydrogens (tertiary/aromatic N) is 1. The van der Waals surface area contributed by atoms with E-state index in [0.717, 1.165) is 5.56 Å². The van der Waals surface area contributed by atoms with Gasteiger partial charge in [0, 0.05) is 5.02 Å². The Bertz CT molecular complexity index is 607. The van der Waals surface area contributed by atoms with Gasteiger partial charge in [-0.05, 0) is 35.9 Å². The van der Waals surface area contributed by atoms with Crippen molar-refractivity contribution < 1.29 is 9.13 Å². The average molecular weight is 262 g/mol. The first-order valence-corrected chi connectivity index (χ1v) is 5.64. The molecule has 0 amide bonds. The Hall–Kier alpha value is -2.05. The highest BCUT2D eigenvalue weighted by atomic mass is 35.5. The average Bonchev–Trinajstić information content (AvgIpc) is 2.38. The van der Waals surface area contributed by atoms with Crippen molar-refractivity contribution in [1.29, 1.82) is 5.26 Å². The zero-order chi connectivity index (χ0) is 13.0. The molecular weight excluding hydrogens is 253 g/mol. The Balaban J connectivity index is 2.09.